The molecule has 5 atom stereocenters. The van der Waals surface area contributed by atoms with E-state index in [0.717, 1.165) is 24.7 Å². The zero-order valence-electron chi connectivity index (χ0n) is 14.7. The van der Waals surface area contributed by atoms with Gasteiger partial charge < -0.3 is 5.11 Å². The summed E-state index contributed by atoms with van der Waals surface area (Å²) in [6.07, 6.45) is 11.3. The molecule has 21 heavy (non-hydrogen) atoms. The van der Waals surface area contributed by atoms with Gasteiger partial charge in [-0.1, -0.05) is 38.5 Å². The van der Waals surface area contributed by atoms with Crippen molar-refractivity contribution in [2.75, 3.05) is 0 Å². The molecular weight excluding hydrogens is 256 g/mol. The van der Waals surface area contributed by atoms with E-state index in [-0.39, 0.29) is 0 Å². The first-order valence-electron chi connectivity index (χ1n) is 8.69. The van der Waals surface area contributed by atoms with Gasteiger partial charge in [0.15, 0.2) is 0 Å². The number of hydrogen-bond acceptors (Lipinski definition) is 1. The second kappa shape index (κ2) is 5.57. The summed E-state index contributed by atoms with van der Waals surface area (Å²) in [7, 11) is 0. The summed E-state index contributed by atoms with van der Waals surface area (Å²) < 4.78 is 0. The van der Waals surface area contributed by atoms with Crippen LogP contribution >= 0.6 is 0 Å². The predicted octanol–water partition coefficient (Wildman–Crippen LogP) is 5.50. The Morgan fingerprint density at radius 1 is 1.43 bits per heavy atom. The molecule has 2 aliphatic rings. The average Bonchev–Trinajstić information content (AvgIpc) is 2.44. The van der Waals surface area contributed by atoms with Crippen molar-refractivity contribution in [2.24, 2.45) is 22.7 Å². The van der Waals surface area contributed by atoms with Crippen molar-refractivity contribution >= 4 is 0 Å². The molecule has 0 heterocycles. The minimum atomic E-state index is -0.726. The number of rotatable bonds is 4. The molecule has 0 bridgehead atoms. The molecule has 120 valence electrons. The van der Waals surface area contributed by atoms with Gasteiger partial charge in [-0.3, -0.25) is 0 Å². The van der Waals surface area contributed by atoms with Gasteiger partial charge in [0.1, 0.15) is 0 Å². The highest BCUT2D eigenvalue weighted by Crippen LogP contribution is 2.61. The average molecular weight is 290 g/mol. The summed E-state index contributed by atoms with van der Waals surface area (Å²) in [5, 5.41) is 10.3. The summed E-state index contributed by atoms with van der Waals surface area (Å²) in [5.41, 5.74) is 1.58. The van der Waals surface area contributed by atoms with Crippen LogP contribution in [0.25, 0.3) is 0 Å². The first kappa shape index (κ1) is 16.8. The normalized spacial score (nSPS) is 42.7. The lowest BCUT2D eigenvalue weighted by Crippen LogP contribution is -2.50. The fourth-order valence-corrected chi connectivity index (χ4v) is 4.96. The second-order valence-corrected chi connectivity index (χ2v) is 8.44. The highest BCUT2D eigenvalue weighted by atomic mass is 16.3. The molecule has 1 N–H and O–H groups in total. The van der Waals surface area contributed by atoms with Gasteiger partial charge in [0, 0.05) is 0 Å². The highest BCUT2D eigenvalue weighted by molar-refractivity contribution is 5.20. The van der Waals surface area contributed by atoms with Gasteiger partial charge >= 0.3 is 0 Å². The topological polar surface area (TPSA) is 20.2 Å². The maximum atomic E-state index is 10.3. The Bertz CT molecular complexity index is 433. The summed E-state index contributed by atoms with van der Waals surface area (Å²) in [6, 6.07) is 0. The van der Waals surface area contributed by atoms with Crippen LogP contribution in [0, 0.1) is 22.7 Å². The quantitative estimate of drug-likeness (QED) is 0.678. The first-order chi connectivity index (χ1) is 9.66. The standard InChI is InChI=1S/C20H34O/c1-7-18(4,21)13-14-20(6)16(3)11-12-19(5)15(2)9-8-10-17(19)20/h7,9,16-17,21H,1,8,10-14H2,2-6H3/t16-,17?,18?,19+,20+/m1/s1. The highest BCUT2D eigenvalue weighted by Gasteiger charge is 2.53. The molecule has 0 amide bonds. The Labute approximate surface area is 131 Å². The largest absolute Gasteiger partial charge is 0.386 e. The van der Waals surface area contributed by atoms with Crippen molar-refractivity contribution < 1.29 is 5.11 Å². The molecule has 0 aromatic rings. The van der Waals surface area contributed by atoms with E-state index in [1.165, 1.54) is 25.7 Å². The van der Waals surface area contributed by atoms with Crippen molar-refractivity contribution in [3.05, 3.63) is 24.3 Å². The van der Waals surface area contributed by atoms with E-state index < -0.39 is 5.60 Å². The summed E-state index contributed by atoms with van der Waals surface area (Å²) >= 11 is 0. The monoisotopic (exact) mass is 290 g/mol. The maximum absolute atomic E-state index is 10.3. The van der Waals surface area contributed by atoms with Crippen LogP contribution in [0.15, 0.2) is 24.3 Å². The first-order valence-corrected chi connectivity index (χ1v) is 8.69. The Morgan fingerprint density at radius 3 is 2.71 bits per heavy atom. The molecule has 0 radical (unpaired) electrons. The van der Waals surface area contributed by atoms with Gasteiger partial charge in [0.25, 0.3) is 0 Å². The number of fused-ring (bicyclic) bond motifs is 1. The van der Waals surface area contributed by atoms with Crippen LogP contribution in [0.3, 0.4) is 0 Å². The van der Waals surface area contributed by atoms with Crippen molar-refractivity contribution in [1.82, 2.24) is 0 Å². The van der Waals surface area contributed by atoms with Crippen molar-refractivity contribution in [3.63, 3.8) is 0 Å². The van der Waals surface area contributed by atoms with Crippen LogP contribution in [0.2, 0.25) is 0 Å². The zero-order chi connectivity index (χ0) is 15.9. The molecule has 0 saturated heterocycles. The molecule has 0 spiro atoms. The Hall–Kier alpha value is -0.560. The lowest BCUT2D eigenvalue weighted by atomic mass is 9.47. The van der Waals surface area contributed by atoms with Crippen LogP contribution in [-0.2, 0) is 0 Å². The summed E-state index contributed by atoms with van der Waals surface area (Å²) in [5.74, 6) is 1.49. The van der Waals surface area contributed by atoms with Gasteiger partial charge in [-0.25, -0.2) is 0 Å². The Morgan fingerprint density at radius 2 is 2.10 bits per heavy atom. The third-order valence-electron chi connectivity index (χ3n) is 7.20. The molecule has 1 heteroatoms. The number of aliphatic hydroxyl groups is 1. The SMILES string of the molecule is C=CC(C)(O)CC[C@]1(C)C2CCC=C(C)[C@]2(C)CC[C@H]1C. The van der Waals surface area contributed by atoms with Gasteiger partial charge in [0.05, 0.1) is 5.60 Å². The lowest BCUT2D eigenvalue weighted by Gasteiger charge is -2.58. The van der Waals surface area contributed by atoms with Gasteiger partial charge in [0.2, 0.25) is 0 Å². The minimum absolute atomic E-state index is 0.329. The van der Waals surface area contributed by atoms with Crippen molar-refractivity contribution in [1.29, 1.82) is 0 Å². The van der Waals surface area contributed by atoms with E-state index in [4.69, 9.17) is 0 Å². The third-order valence-corrected chi connectivity index (χ3v) is 7.20. The van der Waals surface area contributed by atoms with E-state index in [0.29, 0.717) is 10.8 Å². The third kappa shape index (κ3) is 2.86. The maximum Gasteiger partial charge on any atom is 0.0797 e. The Kier molecular flexibility index (Phi) is 4.46. The lowest BCUT2D eigenvalue weighted by molar-refractivity contribution is -0.0582. The van der Waals surface area contributed by atoms with Crippen molar-refractivity contribution in [2.45, 2.75) is 78.7 Å². The van der Waals surface area contributed by atoms with Crippen molar-refractivity contribution in [3.8, 4) is 0 Å². The molecule has 2 rings (SSSR count). The van der Waals surface area contributed by atoms with Gasteiger partial charge in [-0.2, -0.15) is 0 Å². The second-order valence-electron chi connectivity index (χ2n) is 8.44. The molecule has 0 aliphatic heterocycles. The van der Waals surface area contributed by atoms with E-state index in [9.17, 15) is 5.11 Å². The predicted molar refractivity (Wildman–Crippen MR) is 91.1 cm³/mol. The van der Waals surface area contributed by atoms with Crippen LogP contribution < -0.4 is 0 Å². The van der Waals surface area contributed by atoms with E-state index in [1.807, 2.05) is 6.92 Å². The fraction of sp³-hybridized carbons (Fsp3) is 0.800. The summed E-state index contributed by atoms with van der Waals surface area (Å²) in [4.78, 5) is 0. The van der Waals surface area contributed by atoms with Crippen LogP contribution in [0.1, 0.15) is 73.1 Å². The summed E-state index contributed by atoms with van der Waals surface area (Å²) in [6.45, 7) is 15.4. The molecule has 2 unspecified atom stereocenters. The van der Waals surface area contributed by atoms with Gasteiger partial charge in [-0.15, -0.1) is 6.58 Å². The van der Waals surface area contributed by atoms with E-state index in [1.54, 1.807) is 11.6 Å². The molecule has 0 aromatic carbocycles. The van der Waals surface area contributed by atoms with E-state index in [2.05, 4.69) is 40.3 Å². The van der Waals surface area contributed by atoms with Crippen LogP contribution in [0.5, 0.6) is 0 Å². The molecule has 2 aliphatic carbocycles. The van der Waals surface area contributed by atoms with E-state index >= 15 is 0 Å². The Balaban J connectivity index is 2.27. The minimum Gasteiger partial charge on any atom is -0.386 e. The molecular formula is C20H34O. The van der Waals surface area contributed by atoms with Gasteiger partial charge in [-0.05, 0) is 75.0 Å². The fourth-order valence-electron chi connectivity index (χ4n) is 4.96. The zero-order valence-corrected chi connectivity index (χ0v) is 14.7. The number of hydrogen-bond donors (Lipinski definition) is 1. The molecule has 1 fully saturated rings. The van der Waals surface area contributed by atoms with Crippen LogP contribution in [-0.4, -0.2) is 10.7 Å². The molecule has 1 nitrogen and oxygen atoms in total. The molecule has 1 saturated carbocycles. The smallest absolute Gasteiger partial charge is 0.0797 e. The molecule has 0 aromatic heterocycles. The van der Waals surface area contributed by atoms with Crippen LogP contribution in [0.4, 0.5) is 0 Å². The number of allylic oxidation sites excluding steroid dienone is 2.